The molecule has 0 aromatic heterocycles. The van der Waals surface area contributed by atoms with Crippen LogP contribution in [0.3, 0.4) is 0 Å². The minimum Gasteiger partial charge on any atom is -0.497 e. The lowest BCUT2D eigenvalue weighted by atomic mass is 10.0. The Morgan fingerprint density at radius 1 is 1.33 bits per heavy atom. The molecule has 0 aliphatic rings. The van der Waals surface area contributed by atoms with E-state index in [9.17, 15) is 4.79 Å². The maximum Gasteiger partial charge on any atom is 0.150 e. The molecule has 2 nitrogen and oxygen atoms in total. The SMILES string of the molecule is COc1cc(C)c(C)c(C=O)c1. The molecule has 0 aliphatic heterocycles. The largest absolute Gasteiger partial charge is 0.497 e. The highest BCUT2D eigenvalue weighted by Gasteiger charge is 2.02. The van der Waals surface area contributed by atoms with E-state index in [1.165, 1.54) is 0 Å². The summed E-state index contributed by atoms with van der Waals surface area (Å²) < 4.78 is 5.03. The van der Waals surface area contributed by atoms with Gasteiger partial charge in [-0.2, -0.15) is 0 Å². The van der Waals surface area contributed by atoms with Gasteiger partial charge in [0.15, 0.2) is 0 Å². The van der Waals surface area contributed by atoms with Gasteiger partial charge >= 0.3 is 0 Å². The molecule has 0 radical (unpaired) electrons. The first-order valence-electron chi connectivity index (χ1n) is 3.79. The molecular weight excluding hydrogens is 152 g/mol. The molecule has 0 heterocycles. The molecule has 0 bridgehead atoms. The first-order chi connectivity index (χ1) is 5.69. The number of carbonyl (C=O) groups excluding carboxylic acids is 1. The standard InChI is InChI=1S/C10H12O2/c1-7-4-10(12-3)5-9(6-11)8(7)2/h4-6H,1-3H3. The van der Waals surface area contributed by atoms with Gasteiger partial charge in [0.2, 0.25) is 0 Å². The van der Waals surface area contributed by atoms with Crippen LogP contribution in [0.4, 0.5) is 0 Å². The Labute approximate surface area is 72.2 Å². The Bertz CT molecular complexity index is 303. The van der Waals surface area contributed by atoms with Crippen LogP contribution < -0.4 is 4.74 Å². The predicted octanol–water partition coefficient (Wildman–Crippen LogP) is 2.12. The molecule has 0 saturated carbocycles. The molecule has 0 spiro atoms. The second kappa shape index (κ2) is 3.39. The van der Waals surface area contributed by atoms with E-state index in [1.807, 2.05) is 19.9 Å². The molecular formula is C10H12O2. The van der Waals surface area contributed by atoms with Gasteiger partial charge in [0, 0.05) is 5.56 Å². The Hall–Kier alpha value is -1.31. The lowest BCUT2D eigenvalue weighted by Gasteiger charge is -2.06. The molecule has 0 atom stereocenters. The summed E-state index contributed by atoms with van der Waals surface area (Å²) in [4.78, 5) is 10.6. The monoisotopic (exact) mass is 164 g/mol. The van der Waals surface area contributed by atoms with Crippen LogP contribution in [-0.2, 0) is 0 Å². The zero-order valence-corrected chi connectivity index (χ0v) is 7.55. The smallest absolute Gasteiger partial charge is 0.150 e. The highest BCUT2D eigenvalue weighted by molar-refractivity contribution is 5.78. The van der Waals surface area contributed by atoms with Crippen LogP contribution in [-0.4, -0.2) is 13.4 Å². The number of benzene rings is 1. The topological polar surface area (TPSA) is 26.3 Å². The van der Waals surface area contributed by atoms with E-state index in [4.69, 9.17) is 4.74 Å². The van der Waals surface area contributed by atoms with Gasteiger partial charge in [0.1, 0.15) is 12.0 Å². The van der Waals surface area contributed by atoms with Crippen LogP contribution in [0.15, 0.2) is 12.1 Å². The Balaban J connectivity index is 3.28. The van der Waals surface area contributed by atoms with Gasteiger partial charge in [0.05, 0.1) is 7.11 Å². The Morgan fingerprint density at radius 2 is 2.00 bits per heavy atom. The maximum atomic E-state index is 10.6. The van der Waals surface area contributed by atoms with Gasteiger partial charge in [-0.3, -0.25) is 4.79 Å². The van der Waals surface area contributed by atoms with Crippen LogP contribution in [0.5, 0.6) is 5.75 Å². The van der Waals surface area contributed by atoms with Crippen molar-refractivity contribution >= 4 is 6.29 Å². The van der Waals surface area contributed by atoms with Crippen LogP contribution >= 0.6 is 0 Å². The first kappa shape index (κ1) is 8.78. The summed E-state index contributed by atoms with van der Waals surface area (Å²) in [7, 11) is 1.60. The van der Waals surface area contributed by atoms with Crippen molar-refractivity contribution in [3.05, 3.63) is 28.8 Å². The van der Waals surface area contributed by atoms with Crippen molar-refractivity contribution in [1.82, 2.24) is 0 Å². The fourth-order valence-corrected chi connectivity index (χ4v) is 1.09. The van der Waals surface area contributed by atoms with Crippen LogP contribution in [0, 0.1) is 13.8 Å². The zero-order chi connectivity index (χ0) is 9.14. The molecule has 1 aromatic carbocycles. The van der Waals surface area contributed by atoms with Gasteiger partial charge in [-0.25, -0.2) is 0 Å². The van der Waals surface area contributed by atoms with Crippen molar-refractivity contribution in [2.75, 3.05) is 7.11 Å². The van der Waals surface area contributed by atoms with Crippen molar-refractivity contribution in [3.63, 3.8) is 0 Å². The maximum absolute atomic E-state index is 10.6. The summed E-state index contributed by atoms with van der Waals surface area (Å²) in [6.07, 6.45) is 0.852. The third kappa shape index (κ3) is 1.47. The van der Waals surface area contributed by atoms with Gasteiger partial charge in [0.25, 0.3) is 0 Å². The van der Waals surface area contributed by atoms with Crippen LogP contribution in [0.25, 0.3) is 0 Å². The van der Waals surface area contributed by atoms with Crippen molar-refractivity contribution < 1.29 is 9.53 Å². The average molecular weight is 164 g/mol. The lowest BCUT2D eigenvalue weighted by molar-refractivity contribution is 0.112. The summed E-state index contributed by atoms with van der Waals surface area (Å²) in [6, 6.07) is 3.66. The van der Waals surface area contributed by atoms with Gasteiger partial charge < -0.3 is 4.74 Å². The Morgan fingerprint density at radius 3 is 2.50 bits per heavy atom. The molecule has 1 aromatic rings. The lowest BCUT2D eigenvalue weighted by Crippen LogP contribution is -1.92. The molecule has 12 heavy (non-hydrogen) atoms. The van der Waals surface area contributed by atoms with Gasteiger partial charge in [-0.15, -0.1) is 0 Å². The number of ether oxygens (including phenoxy) is 1. The molecule has 0 fully saturated rings. The second-order valence-corrected chi connectivity index (χ2v) is 2.78. The summed E-state index contributed by atoms with van der Waals surface area (Å²) in [5, 5.41) is 0. The van der Waals surface area contributed by atoms with Crippen molar-refractivity contribution in [2.24, 2.45) is 0 Å². The number of rotatable bonds is 2. The Kier molecular flexibility index (Phi) is 2.48. The third-order valence-corrected chi connectivity index (χ3v) is 2.04. The fourth-order valence-electron chi connectivity index (χ4n) is 1.09. The zero-order valence-electron chi connectivity index (χ0n) is 7.55. The molecule has 0 amide bonds. The minimum atomic E-state index is 0.701. The predicted molar refractivity (Wildman–Crippen MR) is 47.9 cm³/mol. The number of hydrogen-bond donors (Lipinski definition) is 0. The van der Waals surface area contributed by atoms with Crippen molar-refractivity contribution in [1.29, 1.82) is 0 Å². The van der Waals surface area contributed by atoms with E-state index in [-0.39, 0.29) is 0 Å². The van der Waals surface area contributed by atoms with E-state index < -0.39 is 0 Å². The summed E-state index contributed by atoms with van der Waals surface area (Å²) in [5.41, 5.74) is 2.80. The normalized spacial score (nSPS) is 9.58. The van der Waals surface area contributed by atoms with E-state index in [2.05, 4.69) is 0 Å². The number of aryl methyl sites for hydroxylation is 1. The fraction of sp³-hybridized carbons (Fsp3) is 0.300. The van der Waals surface area contributed by atoms with E-state index in [1.54, 1.807) is 13.2 Å². The van der Waals surface area contributed by atoms with Crippen molar-refractivity contribution in [3.8, 4) is 5.75 Å². The average Bonchev–Trinajstić information content (AvgIpc) is 2.09. The van der Waals surface area contributed by atoms with Crippen molar-refractivity contribution in [2.45, 2.75) is 13.8 Å². The molecule has 64 valence electrons. The quantitative estimate of drug-likeness (QED) is 0.626. The number of methoxy groups -OCH3 is 1. The van der Waals surface area contributed by atoms with Gasteiger partial charge in [-0.05, 0) is 37.1 Å². The van der Waals surface area contributed by atoms with E-state index in [0.717, 1.165) is 23.2 Å². The van der Waals surface area contributed by atoms with Gasteiger partial charge in [-0.1, -0.05) is 0 Å². The number of carbonyl (C=O) groups is 1. The molecule has 0 saturated heterocycles. The second-order valence-electron chi connectivity index (χ2n) is 2.78. The van der Waals surface area contributed by atoms with Crippen LogP contribution in [0.1, 0.15) is 21.5 Å². The summed E-state index contributed by atoms with van der Waals surface area (Å²) in [5.74, 6) is 0.736. The first-order valence-corrected chi connectivity index (χ1v) is 3.79. The molecule has 2 heteroatoms. The van der Waals surface area contributed by atoms with E-state index in [0.29, 0.717) is 5.56 Å². The summed E-state index contributed by atoms with van der Waals surface area (Å²) in [6.45, 7) is 3.89. The highest BCUT2D eigenvalue weighted by Crippen LogP contribution is 2.19. The molecule has 0 aliphatic carbocycles. The minimum absolute atomic E-state index is 0.701. The molecule has 0 unspecified atom stereocenters. The highest BCUT2D eigenvalue weighted by atomic mass is 16.5. The number of hydrogen-bond acceptors (Lipinski definition) is 2. The van der Waals surface area contributed by atoms with Crippen LogP contribution in [0.2, 0.25) is 0 Å². The molecule has 1 rings (SSSR count). The van der Waals surface area contributed by atoms with E-state index >= 15 is 0 Å². The number of aldehydes is 1. The summed E-state index contributed by atoms with van der Waals surface area (Å²) >= 11 is 0. The molecule has 0 N–H and O–H groups in total. The third-order valence-electron chi connectivity index (χ3n) is 2.04.